The number of fused-ring (bicyclic) bond motifs is 1. The van der Waals surface area contributed by atoms with Crippen molar-refractivity contribution in [1.29, 1.82) is 0 Å². The van der Waals surface area contributed by atoms with Crippen LogP contribution < -0.4 is 10.9 Å². The van der Waals surface area contributed by atoms with E-state index in [-0.39, 0.29) is 23.6 Å². The highest BCUT2D eigenvalue weighted by Crippen LogP contribution is 2.34. The lowest BCUT2D eigenvalue weighted by atomic mass is 10.1. The predicted octanol–water partition coefficient (Wildman–Crippen LogP) is 4.79. The Kier molecular flexibility index (Phi) is 6.17. The minimum Gasteiger partial charge on any atom is -0.363 e. The maximum atomic E-state index is 13.5. The van der Waals surface area contributed by atoms with E-state index in [1.165, 1.54) is 16.2 Å². The first-order chi connectivity index (χ1) is 15.3. The zero-order valence-electron chi connectivity index (χ0n) is 18.3. The van der Waals surface area contributed by atoms with Gasteiger partial charge in [-0.2, -0.15) is 0 Å². The molecule has 0 saturated carbocycles. The van der Waals surface area contributed by atoms with Crippen LogP contribution in [0.2, 0.25) is 0 Å². The van der Waals surface area contributed by atoms with Gasteiger partial charge in [-0.3, -0.25) is 18.9 Å². The molecule has 1 fully saturated rings. The normalized spacial score (nSPS) is 16.4. The van der Waals surface area contributed by atoms with E-state index in [0.717, 1.165) is 11.1 Å². The fraction of sp³-hybridized carbons (Fsp3) is 0.250. The summed E-state index contributed by atoms with van der Waals surface area (Å²) in [7, 11) is 0. The first kappa shape index (κ1) is 22.2. The highest BCUT2D eigenvalue weighted by Gasteiger charge is 2.34. The van der Waals surface area contributed by atoms with Gasteiger partial charge >= 0.3 is 0 Å². The molecule has 8 heteroatoms. The number of nitrogens with one attached hydrogen (secondary N) is 1. The molecule has 1 amide bonds. The number of pyridine rings is 1. The van der Waals surface area contributed by atoms with Gasteiger partial charge in [-0.1, -0.05) is 60.4 Å². The van der Waals surface area contributed by atoms with E-state index in [0.29, 0.717) is 26.3 Å². The minimum atomic E-state index is -0.240. The van der Waals surface area contributed by atoms with Crippen molar-refractivity contribution in [2.45, 2.75) is 39.8 Å². The smallest absolute Gasteiger partial charge is 0.267 e. The number of carbonyl (C=O) groups is 1. The number of amides is 1. The maximum absolute atomic E-state index is 13.5. The van der Waals surface area contributed by atoms with Crippen LogP contribution in [0.25, 0.3) is 11.7 Å². The molecule has 1 N–H and O–H groups in total. The molecule has 32 heavy (non-hydrogen) atoms. The van der Waals surface area contributed by atoms with E-state index in [1.54, 1.807) is 17.2 Å². The predicted molar refractivity (Wildman–Crippen MR) is 135 cm³/mol. The Hall–Kier alpha value is -2.97. The summed E-state index contributed by atoms with van der Waals surface area (Å²) < 4.78 is 2.01. The molecule has 1 aliphatic heterocycles. The van der Waals surface area contributed by atoms with Crippen LogP contribution in [0.15, 0.2) is 58.4 Å². The van der Waals surface area contributed by atoms with Crippen molar-refractivity contribution in [1.82, 2.24) is 14.3 Å². The SMILES string of the molecule is Cc1cccn2c(=O)c(C=C3SC(=S)N(C(C)C)C3=O)c(NC(C)c3ccccc3)nc12. The van der Waals surface area contributed by atoms with Crippen molar-refractivity contribution < 1.29 is 4.79 Å². The average Bonchev–Trinajstić information content (AvgIpc) is 3.05. The number of rotatable bonds is 5. The van der Waals surface area contributed by atoms with Gasteiger partial charge in [0.1, 0.15) is 15.8 Å². The molecule has 164 valence electrons. The van der Waals surface area contributed by atoms with E-state index < -0.39 is 0 Å². The van der Waals surface area contributed by atoms with Crippen molar-refractivity contribution in [2.75, 3.05) is 5.32 Å². The second kappa shape index (κ2) is 8.88. The zero-order valence-corrected chi connectivity index (χ0v) is 20.0. The molecule has 1 unspecified atom stereocenters. The second-order valence-corrected chi connectivity index (χ2v) is 9.66. The van der Waals surface area contributed by atoms with Crippen molar-refractivity contribution in [2.24, 2.45) is 0 Å². The van der Waals surface area contributed by atoms with E-state index >= 15 is 0 Å². The Balaban J connectivity index is 1.86. The highest BCUT2D eigenvalue weighted by atomic mass is 32.2. The number of aromatic nitrogens is 2. The Morgan fingerprint density at radius 3 is 2.47 bits per heavy atom. The van der Waals surface area contributed by atoms with Crippen molar-refractivity contribution in [3.63, 3.8) is 0 Å². The van der Waals surface area contributed by atoms with Crippen molar-refractivity contribution >= 4 is 51.7 Å². The number of thiocarbonyl (C=S) groups is 1. The first-order valence-electron chi connectivity index (χ1n) is 10.4. The molecule has 1 saturated heterocycles. The van der Waals surface area contributed by atoms with E-state index in [4.69, 9.17) is 17.2 Å². The van der Waals surface area contributed by atoms with Crippen LogP contribution in [-0.2, 0) is 4.79 Å². The number of hydrogen-bond donors (Lipinski definition) is 1. The van der Waals surface area contributed by atoms with E-state index in [9.17, 15) is 9.59 Å². The Morgan fingerprint density at radius 2 is 1.81 bits per heavy atom. The molecule has 0 radical (unpaired) electrons. The summed E-state index contributed by atoms with van der Waals surface area (Å²) in [4.78, 5) is 33.2. The van der Waals surface area contributed by atoms with Gasteiger partial charge in [-0.05, 0) is 51.0 Å². The van der Waals surface area contributed by atoms with Crippen LogP contribution >= 0.6 is 24.0 Å². The van der Waals surface area contributed by atoms with Crippen LogP contribution in [0.4, 0.5) is 5.82 Å². The monoisotopic (exact) mass is 464 g/mol. The number of anilines is 1. The summed E-state index contributed by atoms with van der Waals surface area (Å²) in [5.41, 5.74) is 2.62. The molecule has 3 aromatic rings. The van der Waals surface area contributed by atoms with Gasteiger partial charge in [0.2, 0.25) is 0 Å². The highest BCUT2D eigenvalue weighted by molar-refractivity contribution is 8.26. The van der Waals surface area contributed by atoms with Crippen LogP contribution in [0.5, 0.6) is 0 Å². The van der Waals surface area contributed by atoms with Crippen LogP contribution in [0.3, 0.4) is 0 Å². The largest absolute Gasteiger partial charge is 0.363 e. The second-order valence-electron chi connectivity index (χ2n) is 7.99. The third kappa shape index (κ3) is 4.08. The topological polar surface area (TPSA) is 66.7 Å². The lowest BCUT2D eigenvalue weighted by Gasteiger charge is -2.19. The average molecular weight is 465 g/mol. The van der Waals surface area contributed by atoms with E-state index in [1.807, 2.05) is 70.2 Å². The third-order valence-electron chi connectivity index (χ3n) is 5.35. The number of thioether (sulfide) groups is 1. The number of nitrogens with zero attached hydrogens (tertiary/aromatic N) is 3. The third-order valence-corrected chi connectivity index (χ3v) is 6.68. The lowest BCUT2D eigenvalue weighted by molar-refractivity contribution is -0.123. The fourth-order valence-electron chi connectivity index (χ4n) is 3.64. The first-order valence-corrected chi connectivity index (χ1v) is 11.6. The van der Waals surface area contributed by atoms with Crippen LogP contribution in [-0.4, -0.2) is 30.6 Å². The van der Waals surface area contributed by atoms with Gasteiger partial charge in [0, 0.05) is 18.3 Å². The maximum Gasteiger partial charge on any atom is 0.267 e. The van der Waals surface area contributed by atoms with Gasteiger partial charge in [0.25, 0.3) is 11.5 Å². The number of aryl methyl sites for hydroxylation is 1. The van der Waals surface area contributed by atoms with E-state index in [2.05, 4.69) is 5.32 Å². The molecule has 0 bridgehead atoms. The molecule has 1 aromatic carbocycles. The Bertz CT molecular complexity index is 1300. The summed E-state index contributed by atoms with van der Waals surface area (Å²) in [6.45, 7) is 7.76. The summed E-state index contributed by atoms with van der Waals surface area (Å²) in [6, 6.07) is 13.5. The zero-order chi connectivity index (χ0) is 23.0. The fourth-order valence-corrected chi connectivity index (χ4v) is 5.14. The van der Waals surface area contributed by atoms with Crippen molar-refractivity contribution in [3.8, 4) is 0 Å². The van der Waals surface area contributed by atoms with Crippen molar-refractivity contribution in [3.05, 3.63) is 80.6 Å². The molecule has 6 nitrogen and oxygen atoms in total. The lowest BCUT2D eigenvalue weighted by Crippen LogP contribution is -2.34. The summed E-state index contributed by atoms with van der Waals surface area (Å²) >= 11 is 6.60. The molecule has 1 atom stereocenters. The standard InChI is InChI=1S/C24H24N4O2S2/c1-14(2)28-23(30)19(32-24(28)31)13-18-20(25-16(4)17-10-6-5-7-11-17)26-21-15(3)9-8-12-27(21)22(18)29/h5-14,16,25H,1-4H3. The van der Waals surface area contributed by atoms with Gasteiger partial charge < -0.3 is 5.32 Å². The summed E-state index contributed by atoms with van der Waals surface area (Å²) in [5.74, 6) is 0.251. The summed E-state index contributed by atoms with van der Waals surface area (Å²) in [5, 5.41) is 3.38. The number of hydrogen-bond acceptors (Lipinski definition) is 6. The molecular formula is C24H24N4O2S2. The molecule has 0 spiro atoms. The summed E-state index contributed by atoms with van der Waals surface area (Å²) in [6.07, 6.45) is 3.31. The van der Waals surface area contributed by atoms with Crippen LogP contribution in [0.1, 0.15) is 43.5 Å². The molecule has 0 aliphatic carbocycles. The number of benzene rings is 1. The van der Waals surface area contributed by atoms with Gasteiger partial charge in [0.05, 0.1) is 10.5 Å². The molecule has 2 aromatic heterocycles. The van der Waals surface area contributed by atoms with Crippen LogP contribution in [0, 0.1) is 6.92 Å². The van der Waals surface area contributed by atoms with Gasteiger partial charge in [0.15, 0.2) is 0 Å². The Morgan fingerprint density at radius 1 is 1.09 bits per heavy atom. The van der Waals surface area contributed by atoms with Gasteiger partial charge in [-0.15, -0.1) is 0 Å². The number of carbonyl (C=O) groups excluding carboxylic acids is 1. The molecular weight excluding hydrogens is 440 g/mol. The molecule has 3 heterocycles. The molecule has 4 rings (SSSR count). The Labute approximate surface area is 196 Å². The quantitative estimate of drug-likeness (QED) is 0.433. The molecule has 1 aliphatic rings. The minimum absolute atomic E-state index is 0.0532. The van der Waals surface area contributed by atoms with Gasteiger partial charge in [-0.25, -0.2) is 4.98 Å².